The van der Waals surface area contributed by atoms with Crippen molar-refractivity contribution in [1.29, 1.82) is 0 Å². The number of amides is 2. The number of hydrogen-bond acceptors (Lipinski definition) is 2. The molecular weight excluding hydrogens is 283 g/mol. The highest BCUT2D eigenvalue weighted by atomic mass is 79.9. The third-order valence-corrected chi connectivity index (χ3v) is 2.38. The molecule has 1 rings (SSSR count). The summed E-state index contributed by atoms with van der Waals surface area (Å²) in [6, 6.07) is 4.75. The van der Waals surface area contributed by atoms with Crippen LogP contribution in [0.25, 0.3) is 0 Å². The van der Waals surface area contributed by atoms with Crippen LogP contribution in [0.4, 0.5) is 10.5 Å². The molecule has 0 aliphatic rings. The predicted octanol–water partition coefficient (Wildman–Crippen LogP) is 2.22. The summed E-state index contributed by atoms with van der Waals surface area (Å²) in [7, 11) is 0. The lowest BCUT2D eigenvalue weighted by Crippen LogP contribution is -2.31. The Kier molecular flexibility index (Phi) is 4.87. The minimum absolute atomic E-state index is 0.0957. The van der Waals surface area contributed by atoms with Gasteiger partial charge in [0.25, 0.3) is 0 Å². The molecule has 3 N–H and O–H groups in total. The van der Waals surface area contributed by atoms with Gasteiger partial charge in [0, 0.05) is 11.0 Å². The molecule has 0 saturated heterocycles. The van der Waals surface area contributed by atoms with Crippen molar-refractivity contribution in [3.8, 4) is 0 Å². The Labute approximate surface area is 101 Å². The average molecular weight is 294 g/mol. The first-order valence-electron chi connectivity index (χ1n) is 4.24. The van der Waals surface area contributed by atoms with E-state index in [2.05, 4.69) is 26.6 Å². The maximum atomic E-state index is 11.2. The molecule has 0 atom stereocenters. The van der Waals surface area contributed by atoms with Gasteiger partial charge in [-0.25, -0.2) is 4.79 Å². The Bertz CT molecular complexity index is 360. The number of carbonyl (C=O) groups is 1. The SMILES string of the molecule is O=C(NCCO)Nc1ccc(Br)cc1Cl. The third kappa shape index (κ3) is 4.07. The number of carbonyl (C=O) groups excluding carboxylic acids is 1. The van der Waals surface area contributed by atoms with E-state index in [1.807, 2.05) is 0 Å². The van der Waals surface area contributed by atoms with E-state index in [1.165, 1.54) is 0 Å². The summed E-state index contributed by atoms with van der Waals surface area (Å²) in [6.07, 6.45) is 0. The van der Waals surface area contributed by atoms with E-state index in [9.17, 15) is 4.79 Å². The summed E-state index contributed by atoms with van der Waals surface area (Å²) in [5, 5.41) is 14.0. The Morgan fingerprint density at radius 2 is 2.27 bits per heavy atom. The molecule has 2 amide bonds. The number of hydrogen-bond donors (Lipinski definition) is 3. The van der Waals surface area contributed by atoms with Crippen LogP contribution in [0.3, 0.4) is 0 Å². The number of aliphatic hydroxyl groups excluding tert-OH is 1. The van der Waals surface area contributed by atoms with Crippen LogP contribution < -0.4 is 10.6 Å². The van der Waals surface area contributed by atoms with Gasteiger partial charge in [0.05, 0.1) is 17.3 Å². The molecule has 15 heavy (non-hydrogen) atoms. The summed E-state index contributed by atoms with van der Waals surface area (Å²) in [4.78, 5) is 11.2. The number of rotatable bonds is 3. The number of urea groups is 1. The normalized spacial score (nSPS) is 9.80. The molecule has 0 fully saturated rings. The number of anilines is 1. The van der Waals surface area contributed by atoms with Gasteiger partial charge in [0.2, 0.25) is 0 Å². The fourth-order valence-electron chi connectivity index (χ4n) is 0.927. The van der Waals surface area contributed by atoms with Gasteiger partial charge in [-0.15, -0.1) is 0 Å². The maximum Gasteiger partial charge on any atom is 0.319 e. The smallest absolute Gasteiger partial charge is 0.319 e. The van der Waals surface area contributed by atoms with E-state index < -0.39 is 6.03 Å². The molecular formula is C9H10BrClN2O2. The third-order valence-electron chi connectivity index (χ3n) is 1.58. The van der Waals surface area contributed by atoms with Gasteiger partial charge in [0.15, 0.2) is 0 Å². The zero-order valence-electron chi connectivity index (χ0n) is 7.76. The first kappa shape index (κ1) is 12.3. The van der Waals surface area contributed by atoms with E-state index in [-0.39, 0.29) is 13.2 Å². The second-order valence-electron chi connectivity index (χ2n) is 2.73. The van der Waals surface area contributed by atoms with E-state index in [0.29, 0.717) is 10.7 Å². The molecule has 4 nitrogen and oxygen atoms in total. The van der Waals surface area contributed by atoms with Crippen LogP contribution in [0.5, 0.6) is 0 Å². The Morgan fingerprint density at radius 3 is 2.87 bits per heavy atom. The molecule has 6 heteroatoms. The number of halogens is 2. The van der Waals surface area contributed by atoms with Gasteiger partial charge < -0.3 is 15.7 Å². The summed E-state index contributed by atoms with van der Waals surface area (Å²) in [5.41, 5.74) is 0.523. The van der Waals surface area contributed by atoms with Crippen molar-refractivity contribution in [1.82, 2.24) is 5.32 Å². The molecule has 0 heterocycles. The predicted molar refractivity (Wildman–Crippen MR) is 63.3 cm³/mol. The van der Waals surface area contributed by atoms with Crippen molar-refractivity contribution in [3.63, 3.8) is 0 Å². The van der Waals surface area contributed by atoms with E-state index >= 15 is 0 Å². The number of benzene rings is 1. The van der Waals surface area contributed by atoms with Gasteiger partial charge >= 0.3 is 6.03 Å². The van der Waals surface area contributed by atoms with Crippen LogP contribution in [0.15, 0.2) is 22.7 Å². The Balaban J connectivity index is 2.60. The summed E-state index contributed by atoms with van der Waals surface area (Å²) in [5.74, 6) is 0. The second-order valence-corrected chi connectivity index (χ2v) is 4.05. The van der Waals surface area contributed by atoms with Crippen LogP contribution in [0.2, 0.25) is 5.02 Å². The Morgan fingerprint density at radius 1 is 1.53 bits per heavy atom. The molecule has 82 valence electrons. The molecule has 0 unspecified atom stereocenters. The van der Waals surface area contributed by atoms with Crippen LogP contribution in [-0.4, -0.2) is 24.3 Å². The van der Waals surface area contributed by atoms with E-state index in [1.54, 1.807) is 18.2 Å². The van der Waals surface area contributed by atoms with Crippen LogP contribution in [-0.2, 0) is 0 Å². The fourth-order valence-corrected chi connectivity index (χ4v) is 1.65. The van der Waals surface area contributed by atoms with Crippen molar-refractivity contribution >= 4 is 39.2 Å². The lowest BCUT2D eigenvalue weighted by Gasteiger charge is -2.08. The van der Waals surface area contributed by atoms with Crippen molar-refractivity contribution in [3.05, 3.63) is 27.7 Å². The molecule has 1 aromatic carbocycles. The molecule has 0 bridgehead atoms. The maximum absolute atomic E-state index is 11.2. The highest BCUT2D eigenvalue weighted by Gasteiger charge is 2.04. The topological polar surface area (TPSA) is 61.4 Å². The molecule has 0 spiro atoms. The molecule has 0 aliphatic carbocycles. The van der Waals surface area contributed by atoms with E-state index in [4.69, 9.17) is 16.7 Å². The molecule has 1 aromatic rings. The summed E-state index contributed by atoms with van der Waals surface area (Å²) < 4.78 is 0.841. The van der Waals surface area contributed by atoms with E-state index in [0.717, 1.165) is 4.47 Å². The molecule has 0 radical (unpaired) electrons. The minimum atomic E-state index is -0.395. The zero-order chi connectivity index (χ0) is 11.3. The van der Waals surface area contributed by atoms with Crippen LogP contribution >= 0.6 is 27.5 Å². The summed E-state index contributed by atoms with van der Waals surface area (Å²) >= 11 is 9.14. The quantitative estimate of drug-likeness (QED) is 0.800. The molecule has 0 aromatic heterocycles. The van der Waals surface area contributed by atoms with Gasteiger partial charge in [-0.2, -0.15) is 0 Å². The first-order chi connectivity index (χ1) is 7.13. The monoisotopic (exact) mass is 292 g/mol. The minimum Gasteiger partial charge on any atom is -0.395 e. The lowest BCUT2D eigenvalue weighted by atomic mass is 10.3. The average Bonchev–Trinajstić information content (AvgIpc) is 2.19. The number of nitrogens with one attached hydrogen (secondary N) is 2. The van der Waals surface area contributed by atoms with Crippen molar-refractivity contribution in [2.75, 3.05) is 18.5 Å². The van der Waals surface area contributed by atoms with Crippen molar-refractivity contribution < 1.29 is 9.90 Å². The van der Waals surface area contributed by atoms with Gasteiger partial charge in [-0.1, -0.05) is 27.5 Å². The standard InChI is InChI=1S/C9H10BrClN2O2/c10-6-1-2-8(7(11)5-6)13-9(15)12-3-4-14/h1-2,5,14H,3-4H2,(H2,12,13,15). The van der Waals surface area contributed by atoms with Gasteiger partial charge in [0.1, 0.15) is 0 Å². The lowest BCUT2D eigenvalue weighted by molar-refractivity contribution is 0.245. The largest absolute Gasteiger partial charge is 0.395 e. The zero-order valence-corrected chi connectivity index (χ0v) is 10.1. The number of aliphatic hydroxyl groups is 1. The van der Waals surface area contributed by atoms with Crippen LogP contribution in [0, 0.1) is 0 Å². The molecule has 0 saturated carbocycles. The van der Waals surface area contributed by atoms with Gasteiger partial charge in [-0.05, 0) is 18.2 Å². The highest BCUT2D eigenvalue weighted by molar-refractivity contribution is 9.10. The van der Waals surface area contributed by atoms with Crippen molar-refractivity contribution in [2.45, 2.75) is 0 Å². The molecule has 0 aliphatic heterocycles. The fraction of sp³-hybridized carbons (Fsp3) is 0.222. The van der Waals surface area contributed by atoms with Crippen LogP contribution in [0.1, 0.15) is 0 Å². The summed E-state index contributed by atoms with van der Waals surface area (Å²) in [6.45, 7) is 0.113. The Hall–Kier alpha value is -0.780. The highest BCUT2D eigenvalue weighted by Crippen LogP contribution is 2.25. The van der Waals surface area contributed by atoms with Gasteiger partial charge in [-0.3, -0.25) is 0 Å². The van der Waals surface area contributed by atoms with Crippen molar-refractivity contribution in [2.24, 2.45) is 0 Å². The second kappa shape index (κ2) is 5.95. The first-order valence-corrected chi connectivity index (χ1v) is 5.41.